The van der Waals surface area contributed by atoms with Gasteiger partial charge in [0.05, 0.1) is 4.87 Å². The molecule has 1 aliphatic rings. The van der Waals surface area contributed by atoms with E-state index in [1.165, 1.54) is 0 Å². The van der Waals surface area contributed by atoms with Crippen molar-refractivity contribution >= 4 is 67.6 Å². The first-order chi connectivity index (χ1) is 14.8. The van der Waals surface area contributed by atoms with Crippen LogP contribution in [0.25, 0.3) is 5.57 Å². The summed E-state index contributed by atoms with van der Waals surface area (Å²) in [7, 11) is -1.42. The third-order valence-electron chi connectivity index (χ3n) is 4.56. The number of benzene rings is 3. The molecule has 31 heavy (non-hydrogen) atoms. The summed E-state index contributed by atoms with van der Waals surface area (Å²) in [5.74, 6) is 0. The van der Waals surface area contributed by atoms with Gasteiger partial charge in [0.2, 0.25) is 0 Å². The van der Waals surface area contributed by atoms with Crippen LogP contribution in [0, 0.1) is 0 Å². The van der Waals surface area contributed by atoms with E-state index in [1.807, 2.05) is 91.0 Å². The smallest absolute Gasteiger partial charge is 0.399 e. The molecule has 0 aliphatic heterocycles. The lowest BCUT2D eigenvalue weighted by atomic mass is 9.96. The second-order valence-electron chi connectivity index (χ2n) is 7.11. The molecule has 1 unspecified atom stereocenters. The van der Waals surface area contributed by atoms with E-state index in [2.05, 4.69) is 37.9 Å². The summed E-state index contributed by atoms with van der Waals surface area (Å²) >= 11 is 13.3. The summed E-state index contributed by atoms with van der Waals surface area (Å²) in [5.41, 5.74) is 14.4. The van der Waals surface area contributed by atoms with E-state index in [0.29, 0.717) is 6.42 Å². The average molecular weight is 484 g/mol. The minimum atomic E-state index is -1.42. The zero-order chi connectivity index (χ0) is 22.4. The number of nitrogens with two attached hydrogens (primary N) is 2. The lowest BCUT2D eigenvalue weighted by Crippen LogP contribution is -2.33. The SMILES string of the molecule is Nc1ccc(C2=C(S)CC(N)(S)C=C2S)cc1.O=[P+](c1ccccc1)c1ccccc1. The summed E-state index contributed by atoms with van der Waals surface area (Å²) in [6.45, 7) is 0. The standard InChI is InChI=1S/C12H14N2S3.C12H10OP/c13-8-3-1-7(2-4-8)11-9(15)5-12(14,17)6-10(11)16;13-14(11-7-3-1-4-8-11)12-9-5-2-6-10-12/h1-5,15-17H,6,13-14H2;1-10H/q;+1. The van der Waals surface area contributed by atoms with Crippen molar-refractivity contribution < 1.29 is 4.57 Å². The lowest BCUT2D eigenvalue weighted by molar-refractivity contribution is 0.598. The van der Waals surface area contributed by atoms with Crippen LogP contribution in [0.15, 0.2) is 101 Å². The molecular formula is C24H24N2OPS3+. The van der Waals surface area contributed by atoms with Gasteiger partial charge in [0.15, 0.2) is 10.6 Å². The number of hydrogen-bond donors (Lipinski definition) is 5. The highest BCUT2D eigenvalue weighted by molar-refractivity contribution is 7.87. The van der Waals surface area contributed by atoms with Crippen LogP contribution in [0.2, 0.25) is 0 Å². The van der Waals surface area contributed by atoms with Crippen LogP contribution in [-0.4, -0.2) is 4.87 Å². The molecule has 3 aromatic rings. The number of allylic oxidation sites excluding steroid dienone is 1. The topological polar surface area (TPSA) is 69.1 Å². The molecule has 3 aromatic carbocycles. The predicted molar refractivity (Wildman–Crippen MR) is 144 cm³/mol. The molecule has 1 aliphatic carbocycles. The first kappa shape index (κ1) is 23.7. The van der Waals surface area contributed by atoms with Crippen molar-refractivity contribution in [1.82, 2.24) is 0 Å². The molecule has 0 saturated heterocycles. The van der Waals surface area contributed by atoms with Gasteiger partial charge in [0, 0.05) is 22.6 Å². The number of anilines is 1. The van der Waals surface area contributed by atoms with Crippen LogP contribution >= 0.6 is 45.7 Å². The van der Waals surface area contributed by atoms with Gasteiger partial charge in [-0.05, 0) is 52.9 Å². The van der Waals surface area contributed by atoms with Crippen LogP contribution in [0.1, 0.15) is 12.0 Å². The predicted octanol–water partition coefficient (Wildman–Crippen LogP) is 5.18. The maximum absolute atomic E-state index is 12.0. The number of hydrogen-bond acceptors (Lipinski definition) is 6. The average Bonchev–Trinajstić information content (AvgIpc) is 2.75. The van der Waals surface area contributed by atoms with E-state index in [-0.39, 0.29) is 0 Å². The second-order valence-corrected chi connectivity index (χ2v) is 10.6. The Balaban J connectivity index is 0.000000179. The van der Waals surface area contributed by atoms with Crippen LogP contribution in [0.5, 0.6) is 0 Å². The van der Waals surface area contributed by atoms with Gasteiger partial charge < -0.3 is 11.5 Å². The summed E-state index contributed by atoms with van der Waals surface area (Å²) in [4.78, 5) is 1.01. The lowest BCUT2D eigenvalue weighted by Gasteiger charge is -2.27. The fraction of sp³-hybridized carbons (Fsp3) is 0.0833. The minimum Gasteiger partial charge on any atom is -0.399 e. The van der Waals surface area contributed by atoms with E-state index in [1.54, 1.807) is 0 Å². The van der Waals surface area contributed by atoms with E-state index >= 15 is 0 Å². The van der Waals surface area contributed by atoms with Gasteiger partial charge in [-0.15, -0.1) is 25.3 Å². The Morgan fingerprint density at radius 1 is 0.806 bits per heavy atom. The Hall–Kier alpha value is -1.95. The molecule has 0 aromatic heterocycles. The summed E-state index contributed by atoms with van der Waals surface area (Å²) in [5, 5.41) is 1.77. The van der Waals surface area contributed by atoms with Crippen molar-refractivity contribution in [1.29, 1.82) is 0 Å². The first-order valence-electron chi connectivity index (χ1n) is 9.56. The number of nitrogen functional groups attached to an aromatic ring is 1. The molecule has 0 radical (unpaired) electrons. The van der Waals surface area contributed by atoms with Gasteiger partial charge in [-0.2, -0.15) is 12.6 Å². The molecule has 1 atom stereocenters. The van der Waals surface area contributed by atoms with Crippen LogP contribution in [-0.2, 0) is 4.57 Å². The largest absolute Gasteiger partial charge is 0.415 e. The Labute approximate surface area is 200 Å². The zero-order valence-corrected chi connectivity index (χ0v) is 20.3. The molecule has 0 bridgehead atoms. The molecule has 0 fully saturated rings. The van der Waals surface area contributed by atoms with Gasteiger partial charge in [-0.3, -0.25) is 0 Å². The highest BCUT2D eigenvalue weighted by Crippen LogP contribution is 2.41. The van der Waals surface area contributed by atoms with Gasteiger partial charge >= 0.3 is 7.80 Å². The molecule has 0 spiro atoms. The van der Waals surface area contributed by atoms with Crippen LogP contribution in [0.3, 0.4) is 0 Å². The second kappa shape index (κ2) is 10.6. The monoisotopic (exact) mass is 483 g/mol. The van der Waals surface area contributed by atoms with Crippen molar-refractivity contribution in [3.05, 3.63) is 106 Å². The molecular weight excluding hydrogens is 459 g/mol. The van der Waals surface area contributed by atoms with Crippen molar-refractivity contribution in [2.45, 2.75) is 11.3 Å². The van der Waals surface area contributed by atoms with Crippen molar-refractivity contribution in [2.75, 3.05) is 5.73 Å². The fourth-order valence-corrected chi connectivity index (χ4v) is 5.90. The normalized spacial score (nSPS) is 18.0. The summed E-state index contributed by atoms with van der Waals surface area (Å²) in [6, 6.07) is 26.7. The van der Waals surface area contributed by atoms with Gasteiger partial charge in [-0.25, -0.2) is 0 Å². The number of rotatable bonds is 3. The van der Waals surface area contributed by atoms with Gasteiger partial charge in [-0.1, -0.05) is 53.1 Å². The van der Waals surface area contributed by atoms with Crippen molar-refractivity contribution in [2.24, 2.45) is 5.73 Å². The van der Waals surface area contributed by atoms with Crippen molar-refractivity contribution in [3.8, 4) is 0 Å². The van der Waals surface area contributed by atoms with Crippen LogP contribution < -0.4 is 22.1 Å². The Kier molecular flexibility index (Phi) is 8.09. The third-order valence-corrected chi connectivity index (χ3v) is 7.12. The summed E-state index contributed by atoms with van der Waals surface area (Å²) in [6.07, 6.45) is 2.42. The van der Waals surface area contributed by atoms with E-state index in [9.17, 15) is 4.57 Å². The van der Waals surface area contributed by atoms with Crippen LogP contribution in [0.4, 0.5) is 5.69 Å². The minimum absolute atomic E-state index is 0.586. The van der Waals surface area contributed by atoms with E-state index < -0.39 is 12.7 Å². The maximum Gasteiger partial charge on any atom is 0.415 e. The zero-order valence-electron chi connectivity index (χ0n) is 16.7. The highest BCUT2D eigenvalue weighted by Gasteiger charge is 2.26. The molecule has 0 saturated carbocycles. The molecule has 7 heteroatoms. The highest BCUT2D eigenvalue weighted by atomic mass is 32.1. The van der Waals surface area contributed by atoms with E-state index in [4.69, 9.17) is 11.5 Å². The molecule has 0 amide bonds. The maximum atomic E-state index is 12.0. The fourth-order valence-electron chi connectivity index (χ4n) is 3.10. The molecule has 0 heterocycles. The van der Waals surface area contributed by atoms with E-state index in [0.717, 1.165) is 37.2 Å². The van der Waals surface area contributed by atoms with Gasteiger partial charge in [0.1, 0.15) is 0 Å². The van der Waals surface area contributed by atoms with Gasteiger partial charge in [0.25, 0.3) is 0 Å². The van der Waals surface area contributed by atoms with Crippen molar-refractivity contribution in [3.63, 3.8) is 0 Å². The Bertz CT molecular complexity index is 1070. The molecule has 4 N–H and O–H groups in total. The molecule has 3 nitrogen and oxygen atoms in total. The quantitative estimate of drug-likeness (QED) is 0.154. The molecule has 4 rings (SSSR count). The Morgan fingerprint density at radius 3 is 1.74 bits per heavy atom. The Morgan fingerprint density at radius 2 is 1.29 bits per heavy atom. The number of thiol groups is 3. The molecule has 158 valence electrons. The third kappa shape index (κ3) is 6.52. The summed E-state index contributed by atoms with van der Waals surface area (Å²) < 4.78 is 12.0. The first-order valence-corrected chi connectivity index (χ1v) is 12.2.